The minimum absolute atomic E-state index is 0.178. The molecular weight excluding hydrogens is 525 g/mol. The molecule has 198 valence electrons. The average molecular weight is 550 g/mol. The van der Waals surface area contributed by atoms with E-state index in [4.69, 9.17) is 27.9 Å². The lowest BCUT2D eigenvalue weighted by atomic mass is 10.0. The summed E-state index contributed by atoms with van der Waals surface area (Å²) in [6, 6.07) is 3.59. The van der Waals surface area contributed by atoms with Gasteiger partial charge in [0.1, 0.15) is 12.7 Å². The van der Waals surface area contributed by atoms with Crippen molar-refractivity contribution in [1.29, 1.82) is 0 Å². The van der Waals surface area contributed by atoms with Crippen molar-refractivity contribution in [1.82, 2.24) is 21.3 Å². The molecule has 1 aromatic rings. The van der Waals surface area contributed by atoms with Gasteiger partial charge in [-0.05, 0) is 17.7 Å². The molecule has 36 heavy (non-hydrogen) atoms. The highest BCUT2D eigenvalue weighted by molar-refractivity contribution is 6.53. The highest BCUT2D eigenvalue weighted by Gasteiger charge is 2.27. The standard InChI is InChI=1S/C20H25Cl2N5O9/c1-23-15(29)8-25-16(30)9-24-14(28)6-7-17(31)36-10-13(26-20(33)19(21)22)18(32)11-2-4-12(5-3-11)27(34)35/h2-5,13,18-19,32H,6-10H2,1H3,(H,23,29)(H,24,28)(H,25,30)(H,26,33)/t13-,18-/m1/s1. The smallest absolute Gasteiger partial charge is 0.306 e. The van der Waals surface area contributed by atoms with Crippen LogP contribution in [-0.2, 0) is 28.7 Å². The molecule has 0 radical (unpaired) electrons. The van der Waals surface area contributed by atoms with E-state index >= 15 is 0 Å². The number of nitro groups is 1. The van der Waals surface area contributed by atoms with E-state index in [-0.39, 0.29) is 30.6 Å². The first-order chi connectivity index (χ1) is 16.9. The van der Waals surface area contributed by atoms with Crippen molar-refractivity contribution in [2.75, 3.05) is 26.7 Å². The van der Waals surface area contributed by atoms with Crippen molar-refractivity contribution >= 4 is 58.5 Å². The maximum Gasteiger partial charge on any atom is 0.306 e. The lowest BCUT2D eigenvalue weighted by molar-refractivity contribution is -0.384. The largest absolute Gasteiger partial charge is 0.463 e. The van der Waals surface area contributed by atoms with E-state index in [1.165, 1.54) is 19.2 Å². The number of nitro benzene ring substituents is 1. The summed E-state index contributed by atoms with van der Waals surface area (Å²) in [5, 5.41) is 30.6. The molecule has 1 aromatic carbocycles. The zero-order valence-corrected chi connectivity index (χ0v) is 20.5. The zero-order chi connectivity index (χ0) is 27.3. The van der Waals surface area contributed by atoms with Crippen LogP contribution in [0, 0.1) is 10.1 Å². The second-order valence-electron chi connectivity index (χ2n) is 7.12. The summed E-state index contributed by atoms with van der Waals surface area (Å²) >= 11 is 11.0. The minimum Gasteiger partial charge on any atom is -0.463 e. The van der Waals surface area contributed by atoms with Gasteiger partial charge in [-0.1, -0.05) is 23.2 Å². The number of halogens is 2. The lowest BCUT2D eigenvalue weighted by Gasteiger charge is -2.24. The van der Waals surface area contributed by atoms with Gasteiger partial charge in [-0.25, -0.2) is 0 Å². The van der Waals surface area contributed by atoms with Crippen LogP contribution in [0.15, 0.2) is 24.3 Å². The van der Waals surface area contributed by atoms with Crippen molar-refractivity contribution in [2.24, 2.45) is 0 Å². The Morgan fingerprint density at radius 3 is 2.14 bits per heavy atom. The molecule has 0 bridgehead atoms. The predicted molar refractivity (Wildman–Crippen MR) is 126 cm³/mol. The van der Waals surface area contributed by atoms with Gasteiger partial charge < -0.3 is 31.1 Å². The normalized spacial score (nSPS) is 12.1. The molecule has 16 heteroatoms. The molecule has 0 saturated carbocycles. The van der Waals surface area contributed by atoms with Gasteiger partial charge in [-0.2, -0.15) is 0 Å². The van der Waals surface area contributed by atoms with Crippen molar-refractivity contribution < 1.29 is 38.7 Å². The van der Waals surface area contributed by atoms with Crippen molar-refractivity contribution in [2.45, 2.75) is 29.8 Å². The van der Waals surface area contributed by atoms with Gasteiger partial charge in [0.25, 0.3) is 11.6 Å². The molecule has 0 aliphatic rings. The molecule has 1 rings (SSSR count). The molecule has 0 unspecified atom stereocenters. The van der Waals surface area contributed by atoms with Gasteiger partial charge in [0.05, 0.1) is 30.5 Å². The molecule has 0 aliphatic heterocycles. The number of carbonyl (C=O) groups excluding carboxylic acids is 5. The maximum atomic E-state index is 12.1. The highest BCUT2D eigenvalue weighted by Crippen LogP contribution is 2.21. The van der Waals surface area contributed by atoms with E-state index in [0.717, 1.165) is 12.1 Å². The molecule has 0 saturated heterocycles. The Labute approximate surface area is 215 Å². The molecule has 0 aliphatic carbocycles. The minimum atomic E-state index is -1.48. The van der Waals surface area contributed by atoms with E-state index in [0.29, 0.717) is 0 Å². The van der Waals surface area contributed by atoms with Gasteiger partial charge >= 0.3 is 5.97 Å². The van der Waals surface area contributed by atoms with Gasteiger partial charge in [-0.15, -0.1) is 0 Å². The van der Waals surface area contributed by atoms with Crippen LogP contribution < -0.4 is 21.3 Å². The molecule has 2 atom stereocenters. The number of nitrogens with zero attached hydrogens (tertiary/aromatic N) is 1. The molecule has 14 nitrogen and oxygen atoms in total. The number of amides is 4. The number of carbonyl (C=O) groups is 5. The topological polar surface area (TPSA) is 206 Å². The molecule has 0 heterocycles. The first kappa shape index (κ1) is 30.5. The summed E-state index contributed by atoms with van der Waals surface area (Å²) in [6.07, 6.45) is -2.16. The van der Waals surface area contributed by atoms with Crippen molar-refractivity contribution in [3.63, 3.8) is 0 Å². The fourth-order valence-electron chi connectivity index (χ4n) is 2.55. The number of hydrogen-bond donors (Lipinski definition) is 5. The van der Waals surface area contributed by atoms with Crippen LogP contribution in [0.1, 0.15) is 24.5 Å². The first-order valence-corrected chi connectivity index (χ1v) is 11.2. The number of alkyl halides is 2. The van der Waals surface area contributed by atoms with Crippen LogP contribution in [0.25, 0.3) is 0 Å². The average Bonchev–Trinajstić information content (AvgIpc) is 2.86. The van der Waals surface area contributed by atoms with E-state index in [2.05, 4.69) is 21.3 Å². The molecule has 0 fully saturated rings. The fourth-order valence-corrected chi connectivity index (χ4v) is 2.68. The van der Waals surface area contributed by atoms with Crippen molar-refractivity contribution in [3.05, 3.63) is 39.9 Å². The molecule has 5 N–H and O–H groups in total. The van der Waals surface area contributed by atoms with Crippen LogP contribution >= 0.6 is 23.2 Å². The Morgan fingerprint density at radius 1 is 1.00 bits per heavy atom. The Kier molecular flexibility index (Phi) is 13.1. The van der Waals surface area contributed by atoms with Gasteiger partial charge in [0.15, 0.2) is 4.84 Å². The molecule has 4 amide bonds. The number of esters is 1. The van der Waals surface area contributed by atoms with E-state index < -0.39 is 64.7 Å². The number of benzene rings is 1. The van der Waals surface area contributed by atoms with Crippen LogP contribution in [0.3, 0.4) is 0 Å². The van der Waals surface area contributed by atoms with Crippen LogP contribution in [0.2, 0.25) is 0 Å². The molecule has 0 aromatic heterocycles. The summed E-state index contributed by atoms with van der Waals surface area (Å²) in [7, 11) is 1.40. The SMILES string of the molecule is CNC(=O)CNC(=O)CNC(=O)CCC(=O)OC[C@@H](NC(=O)C(Cl)Cl)[C@H](O)c1ccc([N+](=O)[O-])cc1. The number of aliphatic hydroxyl groups excluding tert-OH is 1. The maximum absolute atomic E-state index is 12.1. The Bertz CT molecular complexity index is 959. The summed E-state index contributed by atoms with van der Waals surface area (Å²) in [6.45, 7) is -1.19. The number of non-ortho nitro benzene ring substituents is 1. The quantitative estimate of drug-likeness (QED) is 0.0851. The zero-order valence-electron chi connectivity index (χ0n) is 19.0. The third-order valence-corrected chi connectivity index (χ3v) is 4.90. The number of ether oxygens (including phenoxy) is 1. The van der Waals surface area contributed by atoms with E-state index in [1.807, 2.05) is 0 Å². The number of hydrogen-bond acceptors (Lipinski definition) is 9. The van der Waals surface area contributed by atoms with Crippen LogP contribution in [0.5, 0.6) is 0 Å². The summed E-state index contributed by atoms with van der Waals surface area (Å²) in [5.41, 5.74) is -0.0431. The van der Waals surface area contributed by atoms with E-state index in [1.54, 1.807) is 0 Å². The summed E-state index contributed by atoms with van der Waals surface area (Å²) in [4.78, 5) is 67.1. The third-order valence-electron chi connectivity index (χ3n) is 4.50. The predicted octanol–water partition coefficient (Wildman–Crippen LogP) is -0.781. The monoisotopic (exact) mass is 549 g/mol. The van der Waals surface area contributed by atoms with Crippen molar-refractivity contribution in [3.8, 4) is 0 Å². The fraction of sp³-hybridized carbons (Fsp3) is 0.450. The number of rotatable bonds is 14. The highest BCUT2D eigenvalue weighted by atomic mass is 35.5. The number of likely N-dealkylation sites (N-methyl/N-ethyl adjacent to an activating group) is 1. The van der Waals surface area contributed by atoms with Crippen LogP contribution in [-0.4, -0.2) is 77.3 Å². The number of nitrogens with one attached hydrogen (secondary N) is 4. The van der Waals surface area contributed by atoms with Gasteiger partial charge in [0, 0.05) is 25.6 Å². The Morgan fingerprint density at radius 2 is 1.58 bits per heavy atom. The molecular formula is C20H25Cl2N5O9. The first-order valence-electron chi connectivity index (χ1n) is 10.3. The van der Waals surface area contributed by atoms with E-state index in [9.17, 15) is 39.2 Å². The molecule has 0 spiro atoms. The second-order valence-corrected chi connectivity index (χ2v) is 8.22. The Balaban J connectivity index is 2.60. The van der Waals surface area contributed by atoms with Crippen LogP contribution in [0.4, 0.5) is 5.69 Å². The number of aliphatic hydroxyl groups is 1. The summed E-state index contributed by atoms with van der Waals surface area (Å²) in [5.74, 6) is -3.39. The summed E-state index contributed by atoms with van der Waals surface area (Å²) < 4.78 is 5.03. The Hall–Kier alpha value is -3.49. The second kappa shape index (κ2) is 15.5. The third kappa shape index (κ3) is 11.3. The van der Waals surface area contributed by atoms with Gasteiger partial charge in [0.2, 0.25) is 17.7 Å². The van der Waals surface area contributed by atoms with Gasteiger partial charge in [-0.3, -0.25) is 34.1 Å². The lowest BCUT2D eigenvalue weighted by Crippen LogP contribution is -2.45.